The van der Waals surface area contributed by atoms with E-state index in [0.717, 1.165) is 17.0 Å². The highest BCUT2D eigenvalue weighted by Gasteiger charge is 2.28. The number of benzene rings is 1. The van der Waals surface area contributed by atoms with E-state index >= 15 is 0 Å². The first kappa shape index (κ1) is 9.57. The minimum absolute atomic E-state index is 0.150. The Morgan fingerprint density at radius 2 is 1.93 bits per heavy atom. The average molecular weight is 212 g/mol. The van der Waals surface area contributed by atoms with Crippen molar-refractivity contribution in [1.82, 2.24) is 5.32 Å². The van der Waals surface area contributed by atoms with Crippen LogP contribution in [0.15, 0.2) is 18.2 Å². The number of halogens is 2. The van der Waals surface area contributed by atoms with Gasteiger partial charge in [-0.05, 0) is 12.1 Å². The van der Waals surface area contributed by atoms with Crippen LogP contribution in [0.2, 0.25) is 0 Å². The first-order chi connectivity index (χ1) is 7.08. The predicted octanol–water partition coefficient (Wildman–Crippen LogP) is 1.02. The van der Waals surface area contributed by atoms with Crippen molar-refractivity contribution in [2.75, 3.05) is 11.4 Å². The molecule has 1 heterocycles. The number of urea groups is 1. The predicted molar refractivity (Wildman–Crippen MR) is 47.2 cm³/mol. The van der Waals surface area contributed by atoms with E-state index in [4.69, 9.17) is 0 Å². The van der Waals surface area contributed by atoms with Gasteiger partial charge < -0.3 is 0 Å². The van der Waals surface area contributed by atoms with Gasteiger partial charge in [0.15, 0.2) is 11.6 Å². The maximum Gasteiger partial charge on any atom is 0.329 e. The van der Waals surface area contributed by atoms with E-state index in [1.807, 2.05) is 5.32 Å². The maximum absolute atomic E-state index is 12.8. The van der Waals surface area contributed by atoms with Gasteiger partial charge in [-0.3, -0.25) is 15.0 Å². The van der Waals surface area contributed by atoms with Crippen molar-refractivity contribution in [2.45, 2.75) is 0 Å². The Morgan fingerprint density at radius 3 is 2.47 bits per heavy atom. The molecule has 0 aromatic heterocycles. The van der Waals surface area contributed by atoms with E-state index in [0.29, 0.717) is 0 Å². The molecule has 1 aromatic rings. The molecule has 0 radical (unpaired) electrons. The third kappa shape index (κ3) is 1.65. The molecule has 15 heavy (non-hydrogen) atoms. The SMILES string of the molecule is O=C1CN(c2ccc(F)c(F)c2)C(=O)N1. The second-order valence-electron chi connectivity index (χ2n) is 3.04. The normalized spacial score (nSPS) is 15.7. The van der Waals surface area contributed by atoms with E-state index < -0.39 is 23.6 Å². The number of anilines is 1. The van der Waals surface area contributed by atoms with Crippen molar-refractivity contribution < 1.29 is 18.4 Å². The fourth-order valence-electron chi connectivity index (χ4n) is 1.30. The van der Waals surface area contributed by atoms with E-state index in [1.54, 1.807) is 0 Å². The highest BCUT2D eigenvalue weighted by atomic mass is 19.2. The molecule has 0 aliphatic carbocycles. The topological polar surface area (TPSA) is 49.4 Å². The largest absolute Gasteiger partial charge is 0.329 e. The lowest BCUT2D eigenvalue weighted by Gasteiger charge is -2.12. The lowest BCUT2D eigenvalue weighted by molar-refractivity contribution is -0.117. The van der Waals surface area contributed by atoms with E-state index in [2.05, 4.69) is 0 Å². The number of carbonyl (C=O) groups excluding carboxylic acids is 2. The van der Waals surface area contributed by atoms with E-state index in [9.17, 15) is 18.4 Å². The summed E-state index contributed by atoms with van der Waals surface area (Å²) < 4.78 is 25.4. The van der Waals surface area contributed by atoms with Crippen LogP contribution in [0.1, 0.15) is 0 Å². The van der Waals surface area contributed by atoms with Crippen molar-refractivity contribution in [1.29, 1.82) is 0 Å². The molecule has 2 rings (SSSR count). The van der Waals surface area contributed by atoms with Crippen LogP contribution >= 0.6 is 0 Å². The Bertz CT molecular complexity index is 448. The molecular weight excluding hydrogens is 206 g/mol. The van der Waals surface area contributed by atoms with Crippen molar-refractivity contribution in [3.05, 3.63) is 29.8 Å². The Balaban J connectivity index is 2.34. The molecule has 1 aliphatic heterocycles. The van der Waals surface area contributed by atoms with Crippen LogP contribution in [-0.4, -0.2) is 18.5 Å². The summed E-state index contributed by atoms with van der Waals surface area (Å²) in [5, 5.41) is 2.03. The number of hydrogen-bond acceptors (Lipinski definition) is 2. The van der Waals surface area contributed by atoms with Gasteiger partial charge in [-0.25, -0.2) is 13.6 Å². The Morgan fingerprint density at radius 1 is 1.20 bits per heavy atom. The summed E-state index contributed by atoms with van der Waals surface area (Å²) in [6.45, 7) is -0.177. The second-order valence-corrected chi connectivity index (χ2v) is 3.04. The molecule has 6 heteroatoms. The molecule has 1 fully saturated rings. The van der Waals surface area contributed by atoms with Gasteiger partial charge in [0.1, 0.15) is 6.54 Å². The van der Waals surface area contributed by atoms with Gasteiger partial charge in [-0.1, -0.05) is 0 Å². The first-order valence-corrected chi connectivity index (χ1v) is 4.14. The number of nitrogens with one attached hydrogen (secondary N) is 1. The number of nitrogens with zero attached hydrogens (tertiary/aromatic N) is 1. The fraction of sp³-hybridized carbons (Fsp3) is 0.111. The first-order valence-electron chi connectivity index (χ1n) is 4.14. The summed E-state index contributed by atoms with van der Waals surface area (Å²) in [6, 6.07) is 2.37. The third-order valence-electron chi connectivity index (χ3n) is 2.01. The van der Waals surface area contributed by atoms with Gasteiger partial charge in [0, 0.05) is 11.8 Å². The van der Waals surface area contributed by atoms with E-state index in [-0.39, 0.29) is 12.2 Å². The van der Waals surface area contributed by atoms with Gasteiger partial charge in [0.25, 0.3) is 0 Å². The zero-order valence-corrected chi connectivity index (χ0v) is 7.46. The van der Waals surface area contributed by atoms with Crippen LogP contribution < -0.4 is 10.2 Å². The van der Waals surface area contributed by atoms with Crippen LogP contribution in [-0.2, 0) is 4.79 Å². The zero-order valence-electron chi connectivity index (χ0n) is 7.46. The molecule has 1 N–H and O–H groups in total. The van der Waals surface area contributed by atoms with E-state index in [1.165, 1.54) is 6.07 Å². The van der Waals surface area contributed by atoms with Gasteiger partial charge in [0.05, 0.1) is 0 Å². The summed E-state index contributed by atoms with van der Waals surface area (Å²) in [5.41, 5.74) is 0.150. The number of carbonyl (C=O) groups is 2. The molecule has 4 nitrogen and oxygen atoms in total. The summed E-state index contributed by atoms with van der Waals surface area (Å²) in [6.07, 6.45) is 0. The number of rotatable bonds is 1. The molecule has 1 aliphatic rings. The third-order valence-corrected chi connectivity index (χ3v) is 2.01. The van der Waals surface area contributed by atoms with Crippen LogP contribution in [0, 0.1) is 11.6 Å². The molecule has 0 spiro atoms. The van der Waals surface area contributed by atoms with Crippen LogP contribution in [0.4, 0.5) is 19.3 Å². The number of hydrogen-bond donors (Lipinski definition) is 1. The standard InChI is InChI=1S/C9H6F2N2O2/c10-6-2-1-5(3-7(6)11)13-4-8(14)12-9(13)15/h1-3H,4H2,(H,12,14,15). The minimum Gasteiger partial charge on any atom is -0.285 e. The maximum atomic E-state index is 12.8. The molecule has 0 atom stereocenters. The summed E-state index contributed by atoms with van der Waals surface area (Å²) in [7, 11) is 0. The van der Waals surface area contributed by atoms with Gasteiger partial charge >= 0.3 is 6.03 Å². The second kappa shape index (κ2) is 3.30. The zero-order chi connectivity index (χ0) is 11.0. The van der Waals surface area contributed by atoms with Gasteiger partial charge in [-0.2, -0.15) is 0 Å². The van der Waals surface area contributed by atoms with Crippen LogP contribution in [0.3, 0.4) is 0 Å². The average Bonchev–Trinajstić information content (AvgIpc) is 2.50. The highest BCUT2D eigenvalue weighted by molar-refractivity contribution is 6.12. The molecule has 0 bridgehead atoms. The fourth-order valence-corrected chi connectivity index (χ4v) is 1.30. The summed E-state index contributed by atoms with van der Waals surface area (Å²) in [5.74, 6) is -2.52. The van der Waals surface area contributed by atoms with Crippen molar-refractivity contribution >= 4 is 17.6 Å². The smallest absolute Gasteiger partial charge is 0.285 e. The quantitative estimate of drug-likeness (QED) is 0.706. The molecule has 3 amide bonds. The molecule has 1 saturated heterocycles. The Kier molecular flexibility index (Phi) is 2.11. The summed E-state index contributed by atoms with van der Waals surface area (Å²) >= 11 is 0. The van der Waals surface area contributed by atoms with Crippen LogP contribution in [0.5, 0.6) is 0 Å². The van der Waals surface area contributed by atoms with Crippen molar-refractivity contribution in [3.8, 4) is 0 Å². The summed E-state index contributed by atoms with van der Waals surface area (Å²) in [4.78, 5) is 23.0. The molecule has 0 saturated carbocycles. The molecule has 78 valence electrons. The van der Waals surface area contributed by atoms with Crippen LogP contribution in [0.25, 0.3) is 0 Å². The lowest BCUT2D eigenvalue weighted by Crippen LogP contribution is -2.27. The van der Waals surface area contributed by atoms with Gasteiger partial charge in [0.2, 0.25) is 5.91 Å². The van der Waals surface area contributed by atoms with Crippen molar-refractivity contribution in [2.24, 2.45) is 0 Å². The van der Waals surface area contributed by atoms with Gasteiger partial charge in [-0.15, -0.1) is 0 Å². The highest BCUT2D eigenvalue weighted by Crippen LogP contribution is 2.19. The minimum atomic E-state index is -1.06. The number of amides is 3. The Hall–Kier alpha value is -1.98. The molecule has 0 unspecified atom stereocenters. The molecular formula is C9H6F2N2O2. The monoisotopic (exact) mass is 212 g/mol. The Labute approximate surface area is 83.5 Å². The number of imide groups is 1. The lowest BCUT2D eigenvalue weighted by atomic mass is 10.3. The molecule has 1 aromatic carbocycles. The van der Waals surface area contributed by atoms with Crippen molar-refractivity contribution in [3.63, 3.8) is 0 Å².